The van der Waals surface area contributed by atoms with Gasteiger partial charge in [-0.2, -0.15) is 4.31 Å². The number of aromatic nitrogens is 1. The number of rotatable bonds is 6. The quantitative estimate of drug-likeness (QED) is 0.623. The van der Waals surface area contributed by atoms with Gasteiger partial charge in [0.25, 0.3) is 0 Å². The minimum Gasteiger partial charge on any atom is -0.360 e. The molecule has 0 aliphatic carbocycles. The van der Waals surface area contributed by atoms with Crippen LogP contribution in [-0.2, 0) is 21.4 Å². The molecule has 2 aliphatic heterocycles. The number of hydrogen-bond acceptors (Lipinski definition) is 7. The van der Waals surface area contributed by atoms with Gasteiger partial charge in [-0.1, -0.05) is 35.5 Å². The Labute approximate surface area is 196 Å². The highest BCUT2D eigenvalue weighted by Gasteiger charge is 2.33. The Morgan fingerprint density at radius 3 is 2.30 bits per heavy atom. The van der Waals surface area contributed by atoms with Crippen LogP contribution in [0.15, 0.2) is 39.8 Å². The third-order valence-electron chi connectivity index (χ3n) is 6.45. The van der Waals surface area contributed by atoms with E-state index in [0.717, 1.165) is 32.7 Å². The number of benzene rings is 1. The molecule has 9 nitrogen and oxygen atoms in total. The molecule has 0 saturated carbocycles. The van der Waals surface area contributed by atoms with Crippen LogP contribution in [0.4, 0.5) is 0 Å². The molecule has 1 amide bonds. The first kappa shape index (κ1) is 23.9. The van der Waals surface area contributed by atoms with E-state index in [0.29, 0.717) is 44.1 Å². The van der Waals surface area contributed by atoms with Crippen molar-refractivity contribution in [3.63, 3.8) is 0 Å². The Balaban J connectivity index is 1.27. The van der Waals surface area contributed by atoms with Crippen molar-refractivity contribution in [1.29, 1.82) is 0 Å². The van der Waals surface area contributed by atoms with Crippen molar-refractivity contribution < 1.29 is 17.7 Å². The Kier molecular flexibility index (Phi) is 7.48. The van der Waals surface area contributed by atoms with E-state index in [1.54, 1.807) is 18.7 Å². The molecule has 4 rings (SSSR count). The average molecular weight is 476 g/mol. The third kappa shape index (κ3) is 5.63. The van der Waals surface area contributed by atoms with Crippen LogP contribution in [0.3, 0.4) is 0 Å². The molecule has 180 valence electrons. The Morgan fingerprint density at radius 1 is 0.939 bits per heavy atom. The fourth-order valence-corrected chi connectivity index (χ4v) is 6.35. The lowest BCUT2D eigenvalue weighted by molar-refractivity contribution is -0.132. The minimum atomic E-state index is -3.69. The van der Waals surface area contributed by atoms with Gasteiger partial charge in [-0.3, -0.25) is 14.6 Å². The molecular weight excluding hydrogens is 442 g/mol. The zero-order chi connectivity index (χ0) is 23.4. The number of nitrogens with zero attached hydrogens (tertiary/aromatic N) is 5. The molecule has 0 spiro atoms. The molecule has 2 saturated heterocycles. The van der Waals surface area contributed by atoms with Crippen molar-refractivity contribution in [2.24, 2.45) is 0 Å². The monoisotopic (exact) mass is 475 g/mol. The van der Waals surface area contributed by atoms with Gasteiger partial charge in [0.15, 0.2) is 5.76 Å². The molecule has 0 atom stereocenters. The first-order chi connectivity index (χ1) is 15.8. The summed E-state index contributed by atoms with van der Waals surface area (Å²) in [5, 5.41) is 3.78. The fourth-order valence-electron chi connectivity index (χ4n) is 4.59. The highest BCUT2D eigenvalue weighted by atomic mass is 32.2. The van der Waals surface area contributed by atoms with Crippen LogP contribution in [0, 0.1) is 13.8 Å². The fraction of sp³-hybridized carbons (Fsp3) is 0.565. The van der Waals surface area contributed by atoms with Gasteiger partial charge in [0, 0.05) is 58.9 Å². The SMILES string of the molecule is Cc1noc(C)c1S(=O)(=O)N1CCCN(C(=O)CN2CCN(Cc3ccccc3)CC2)CC1. The molecule has 2 aliphatic rings. The maximum Gasteiger partial charge on any atom is 0.248 e. The molecule has 0 N–H and O–H groups in total. The van der Waals surface area contributed by atoms with Crippen LogP contribution in [0.2, 0.25) is 0 Å². The summed E-state index contributed by atoms with van der Waals surface area (Å²) < 4.78 is 32.7. The number of carbonyl (C=O) groups is 1. The third-order valence-corrected chi connectivity index (χ3v) is 8.59. The van der Waals surface area contributed by atoms with Gasteiger partial charge in [0.1, 0.15) is 10.6 Å². The number of aryl methyl sites for hydroxylation is 2. The summed E-state index contributed by atoms with van der Waals surface area (Å²) in [4.78, 5) is 19.5. The van der Waals surface area contributed by atoms with E-state index in [9.17, 15) is 13.2 Å². The van der Waals surface area contributed by atoms with Gasteiger partial charge < -0.3 is 9.42 Å². The molecule has 1 aromatic carbocycles. The van der Waals surface area contributed by atoms with Crippen LogP contribution in [-0.4, -0.2) is 97.4 Å². The first-order valence-electron chi connectivity index (χ1n) is 11.5. The molecule has 2 aromatic rings. The number of sulfonamides is 1. The maximum absolute atomic E-state index is 13.1. The standard InChI is InChI=1S/C23H33N5O4S/c1-19-23(20(2)32-24-19)33(30,31)28-10-6-9-27(15-16-28)22(29)18-26-13-11-25(12-14-26)17-21-7-4-3-5-8-21/h3-5,7-8H,6,9-18H2,1-2H3. The van der Waals surface area contributed by atoms with Crippen molar-refractivity contribution in [2.45, 2.75) is 31.7 Å². The summed E-state index contributed by atoms with van der Waals surface area (Å²) in [5.41, 5.74) is 1.68. The van der Waals surface area contributed by atoms with Gasteiger partial charge in [0.05, 0.1) is 6.54 Å². The zero-order valence-corrected chi connectivity index (χ0v) is 20.3. The van der Waals surface area contributed by atoms with E-state index in [2.05, 4.69) is 39.2 Å². The molecule has 33 heavy (non-hydrogen) atoms. The minimum absolute atomic E-state index is 0.0723. The van der Waals surface area contributed by atoms with Crippen molar-refractivity contribution in [2.75, 3.05) is 58.9 Å². The van der Waals surface area contributed by atoms with Crippen LogP contribution >= 0.6 is 0 Å². The normalized spacial score (nSPS) is 19.5. The molecular formula is C23H33N5O4S. The van der Waals surface area contributed by atoms with Crippen LogP contribution < -0.4 is 0 Å². The summed E-state index contributed by atoms with van der Waals surface area (Å²) >= 11 is 0. The lowest BCUT2D eigenvalue weighted by atomic mass is 10.2. The van der Waals surface area contributed by atoms with Gasteiger partial charge >= 0.3 is 0 Å². The van der Waals surface area contributed by atoms with Gasteiger partial charge in [-0.25, -0.2) is 8.42 Å². The van der Waals surface area contributed by atoms with Crippen LogP contribution in [0.1, 0.15) is 23.4 Å². The summed E-state index contributed by atoms with van der Waals surface area (Å²) in [7, 11) is -3.69. The molecule has 10 heteroatoms. The highest BCUT2D eigenvalue weighted by molar-refractivity contribution is 7.89. The van der Waals surface area contributed by atoms with Crippen molar-refractivity contribution in [1.82, 2.24) is 24.2 Å². The molecule has 3 heterocycles. The summed E-state index contributed by atoms with van der Waals surface area (Å²) in [6.45, 7) is 9.79. The van der Waals surface area contributed by atoms with E-state index >= 15 is 0 Å². The predicted octanol–water partition coefficient (Wildman–Crippen LogP) is 1.33. The molecule has 0 radical (unpaired) electrons. The predicted molar refractivity (Wildman–Crippen MR) is 124 cm³/mol. The second-order valence-electron chi connectivity index (χ2n) is 8.83. The van der Waals surface area contributed by atoms with Crippen molar-refractivity contribution in [3.05, 3.63) is 47.3 Å². The second kappa shape index (κ2) is 10.3. The van der Waals surface area contributed by atoms with E-state index < -0.39 is 10.0 Å². The number of piperazine rings is 1. The smallest absolute Gasteiger partial charge is 0.248 e. The topological polar surface area (TPSA) is 90.2 Å². The van der Waals surface area contributed by atoms with Gasteiger partial charge in [0.2, 0.25) is 15.9 Å². The molecule has 0 bridgehead atoms. The van der Waals surface area contributed by atoms with E-state index in [4.69, 9.17) is 4.52 Å². The van der Waals surface area contributed by atoms with Gasteiger partial charge in [-0.15, -0.1) is 0 Å². The Bertz CT molecular complexity index is 1030. The highest BCUT2D eigenvalue weighted by Crippen LogP contribution is 2.24. The largest absolute Gasteiger partial charge is 0.360 e. The lowest BCUT2D eigenvalue weighted by Crippen LogP contribution is -2.50. The van der Waals surface area contributed by atoms with Crippen molar-refractivity contribution in [3.8, 4) is 0 Å². The maximum atomic E-state index is 13.1. The molecule has 0 unspecified atom stereocenters. The Morgan fingerprint density at radius 2 is 1.64 bits per heavy atom. The molecule has 1 aromatic heterocycles. The number of hydrogen-bond donors (Lipinski definition) is 0. The number of carbonyl (C=O) groups excluding carboxylic acids is 1. The van der Waals surface area contributed by atoms with Crippen molar-refractivity contribution >= 4 is 15.9 Å². The van der Waals surface area contributed by atoms with E-state index in [-0.39, 0.29) is 17.3 Å². The number of amides is 1. The summed E-state index contributed by atoms with van der Waals surface area (Å²) in [5.74, 6) is 0.374. The van der Waals surface area contributed by atoms with Crippen LogP contribution in [0.5, 0.6) is 0 Å². The summed E-state index contributed by atoms with van der Waals surface area (Å²) in [6.07, 6.45) is 0.610. The van der Waals surface area contributed by atoms with Gasteiger partial charge in [-0.05, 0) is 25.8 Å². The van der Waals surface area contributed by atoms with E-state index in [1.807, 2.05) is 6.07 Å². The average Bonchev–Trinajstić information content (AvgIpc) is 3.00. The summed E-state index contributed by atoms with van der Waals surface area (Å²) in [6, 6.07) is 10.4. The van der Waals surface area contributed by atoms with E-state index in [1.165, 1.54) is 9.87 Å². The van der Waals surface area contributed by atoms with Crippen LogP contribution in [0.25, 0.3) is 0 Å². The Hall–Kier alpha value is -2.27. The molecule has 2 fully saturated rings. The lowest BCUT2D eigenvalue weighted by Gasteiger charge is -2.35. The zero-order valence-electron chi connectivity index (χ0n) is 19.4. The second-order valence-corrected chi connectivity index (χ2v) is 10.7. The first-order valence-corrected chi connectivity index (χ1v) is 13.0.